The van der Waals surface area contributed by atoms with Crippen molar-refractivity contribution in [3.05, 3.63) is 89.7 Å². The fourth-order valence-corrected chi connectivity index (χ4v) is 3.97. The second kappa shape index (κ2) is 8.96. The third kappa shape index (κ3) is 4.96. The summed E-state index contributed by atoms with van der Waals surface area (Å²) in [5.41, 5.74) is 0.852. The lowest BCUT2D eigenvalue weighted by atomic mass is 10.1. The summed E-state index contributed by atoms with van der Waals surface area (Å²) in [6.45, 7) is 1.65. The van der Waals surface area contributed by atoms with Crippen molar-refractivity contribution in [2.45, 2.75) is 17.9 Å². The molecule has 1 atom stereocenters. The van der Waals surface area contributed by atoms with Crippen LogP contribution in [0, 0.1) is 5.82 Å². The van der Waals surface area contributed by atoms with Crippen molar-refractivity contribution in [1.29, 1.82) is 0 Å². The molecule has 0 fully saturated rings. The molecular formula is C22H21FN2O4S. The maximum atomic E-state index is 13.9. The first-order chi connectivity index (χ1) is 14.3. The van der Waals surface area contributed by atoms with E-state index in [4.69, 9.17) is 4.74 Å². The summed E-state index contributed by atoms with van der Waals surface area (Å²) >= 11 is 0. The second-order valence-corrected chi connectivity index (χ2v) is 8.26. The molecule has 3 aromatic carbocycles. The molecule has 0 aliphatic rings. The molecule has 1 amide bonds. The van der Waals surface area contributed by atoms with Gasteiger partial charge in [0, 0.05) is 16.8 Å². The van der Waals surface area contributed by atoms with Crippen LogP contribution in [0.15, 0.2) is 77.7 Å². The number of methoxy groups -OCH3 is 1. The van der Waals surface area contributed by atoms with Crippen LogP contribution in [0.25, 0.3) is 0 Å². The van der Waals surface area contributed by atoms with Gasteiger partial charge in [-0.3, -0.25) is 9.52 Å². The quantitative estimate of drug-likeness (QED) is 0.593. The lowest BCUT2D eigenvalue weighted by Gasteiger charge is -2.15. The van der Waals surface area contributed by atoms with Crippen molar-refractivity contribution in [3.63, 3.8) is 0 Å². The Morgan fingerprint density at radius 3 is 2.37 bits per heavy atom. The first-order valence-electron chi connectivity index (χ1n) is 9.12. The monoisotopic (exact) mass is 428 g/mol. The average molecular weight is 428 g/mol. The molecule has 0 radical (unpaired) electrons. The number of nitrogens with one attached hydrogen (secondary N) is 2. The van der Waals surface area contributed by atoms with Crippen LogP contribution in [0.2, 0.25) is 0 Å². The van der Waals surface area contributed by atoms with E-state index in [1.54, 1.807) is 49.4 Å². The number of carbonyl (C=O) groups excluding carboxylic acids is 1. The van der Waals surface area contributed by atoms with Crippen molar-refractivity contribution < 1.29 is 22.3 Å². The Hall–Kier alpha value is -3.39. The number of ether oxygens (including phenoxy) is 1. The Morgan fingerprint density at radius 2 is 1.70 bits per heavy atom. The predicted molar refractivity (Wildman–Crippen MR) is 113 cm³/mol. The summed E-state index contributed by atoms with van der Waals surface area (Å²) in [4.78, 5) is 12.5. The highest BCUT2D eigenvalue weighted by Crippen LogP contribution is 2.21. The molecule has 3 rings (SSSR count). The third-order valence-corrected chi connectivity index (χ3v) is 5.85. The minimum atomic E-state index is -3.91. The van der Waals surface area contributed by atoms with Gasteiger partial charge in [0.15, 0.2) is 0 Å². The van der Waals surface area contributed by atoms with E-state index in [9.17, 15) is 17.6 Å². The van der Waals surface area contributed by atoms with Crippen molar-refractivity contribution in [2.24, 2.45) is 0 Å². The number of rotatable bonds is 7. The molecule has 30 heavy (non-hydrogen) atoms. The van der Waals surface area contributed by atoms with Gasteiger partial charge in [0.25, 0.3) is 15.9 Å². The highest BCUT2D eigenvalue weighted by molar-refractivity contribution is 7.92. The van der Waals surface area contributed by atoms with Crippen LogP contribution in [0.3, 0.4) is 0 Å². The third-order valence-electron chi connectivity index (χ3n) is 4.47. The zero-order valence-corrected chi connectivity index (χ0v) is 17.2. The largest absolute Gasteiger partial charge is 0.497 e. The lowest BCUT2D eigenvalue weighted by molar-refractivity contribution is 0.0939. The highest BCUT2D eigenvalue weighted by atomic mass is 32.2. The maximum absolute atomic E-state index is 13.9. The summed E-state index contributed by atoms with van der Waals surface area (Å²) in [7, 11) is -2.39. The Labute approximate surface area is 174 Å². The first kappa shape index (κ1) is 21.3. The van der Waals surface area contributed by atoms with Gasteiger partial charge >= 0.3 is 0 Å². The van der Waals surface area contributed by atoms with Crippen molar-refractivity contribution in [1.82, 2.24) is 5.32 Å². The van der Waals surface area contributed by atoms with Gasteiger partial charge in [-0.25, -0.2) is 12.8 Å². The molecule has 0 aliphatic carbocycles. The Bertz CT molecular complexity index is 1150. The molecule has 8 heteroatoms. The molecule has 6 nitrogen and oxygen atoms in total. The Morgan fingerprint density at radius 1 is 1.00 bits per heavy atom. The fraction of sp³-hybridized carbons (Fsp3) is 0.136. The topological polar surface area (TPSA) is 84.5 Å². The zero-order valence-electron chi connectivity index (χ0n) is 16.4. The van der Waals surface area contributed by atoms with E-state index in [0.717, 1.165) is 0 Å². The molecule has 0 heterocycles. The van der Waals surface area contributed by atoms with Crippen LogP contribution in [0.4, 0.5) is 10.1 Å². The number of halogens is 1. The molecule has 0 bridgehead atoms. The van der Waals surface area contributed by atoms with Gasteiger partial charge in [0.2, 0.25) is 0 Å². The number of carbonyl (C=O) groups is 1. The number of anilines is 1. The Kier molecular flexibility index (Phi) is 6.37. The standard InChI is InChI=1S/C22H21FN2O4S/c1-15(20-8-3-4-9-21(20)23)24-22(26)16-6-5-7-19(14-16)30(27,28)25-17-10-12-18(29-2)13-11-17/h3-15,25H,1-2H3,(H,24,26). The number of sulfonamides is 1. The number of amides is 1. The van der Waals surface area contributed by atoms with Gasteiger partial charge < -0.3 is 10.1 Å². The van der Waals surface area contributed by atoms with Gasteiger partial charge in [-0.2, -0.15) is 0 Å². The summed E-state index contributed by atoms with van der Waals surface area (Å²) in [6.07, 6.45) is 0. The molecule has 0 spiro atoms. The highest BCUT2D eigenvalue weighted by Gasteiger charge is 2.18. The summed E-state index contributed by atoms with van der Waals surface area (Å²) in [5, 5.41) is 2.69. The van der Waals surface area contributed by atoms with Crippen LogP contribution in [0.5, 0.6) is 5.75 Å². The number of hydrogen-bond acceptors (Lipinski definition) is 4. The zero-order chi connectivity index (χ0) is 21.7. The molecule has 3 aromatic rings. The van der Waals surface area contributed by atoms with E-state index in [2.05, 4.69) is 10.0 Å². The Balaban J connectivity index is 1.77. The van der Waals surface area contributed by atoms with E-state index < -0.39 is 27.8 Å². The summed E-state index contributed by atoms with van der Waals surface area (Å²) in [6, 6.07) is 17.6. The van der Waals surface area contributed by atoms with Crippen LogP contribution in [-0.2, 0) is 10.0 Å². The first-order valence-corrected chi connectivity index (χ1v) is 10.6. The smallest absolute Gasteiger partial charge is 0.261 e. The van der Waals surface area contributed by atoms with Gasteiger partial charge in [0.1, 0.15) is 11.6 Å². The van der Waals surface area contributed by atoms with Crippen molar-refractivity contribution in [2.75, 3.05) is 11.8 Å². The molecule has 2 N–H and O–H groups in total. The van der Waals surface area contributed by atoms with E-state index in [1.165, 1.54) is 37.4 Å². The van der Waals surface area contributed by atoms with Crippen molar-refractivity contribution in [3.8, 4) is 5.75 Å². The predicted octanol–water partition coefficient (Wildman–Crippen LogP) is 4.13. The molecule has 1 unspecified atom stereocenters. The molecule has 0 aromatic heterocycles. The molecular weight excluding hydrogens is 407 g/mol. The van der Waals surface area contributed by atoms with Gasteiger partial charge in [0.05, 0.1) is 18.0 Å². The lowest BCUT2D eigenvalue weighted by Crippen LogP contribution is -2.27. The minimum absolute atomic E-state index is 0.0653. The SMILES string of the molecule is COc1ccc(NS(=O)(=O)c2cccc(C(=O)NC(C)c3ccccc3F)c2)cc1. The number of benzene rings is 3. The minimum Gasteiger partial charge on any atom is -0.497 e. The van der Waals surface area contributed by atoms with E-state index in [0.29, 0.717) is 17.0 Å². The van der Waals surface area contributed by atoms with Gasteiger partial charge in [-0.15, -0.1) is 0 Å². The van der Waals surface area contributed by atoms with Gasteiger partial charge in [-0.05, 0) is 55.5 Å². The number of hydrogen-bond donors (Lipinski definition) is 2. The van der Waals surface area contributed by atoms with E-state index in [1.807, 2.05) is 0 Å². The molecule has 0 saturated carbocycles. The van der Waals surface area contributed by atoms with Crippen LogP contribution in [0.1, 0.15) is 28.9 Å². The molecule has 0 aliphatic heterocycles. The molecule has 156 valence electrons. The fourth-order valence-electron chi connectivity index (χ4n) is 2.86. The summed E-state index contributed by atoms with van der Waals surface area (Å²) in [5.74, 6) is -0.335. The average Bonchev–Trinajstić information content (AvgIpc) is 2.74. The van der Waals surface area contributed by atoms with Crippen LogP contribution >= 0.6 is 0 Å². The van der Waals surface area contributed by atoms with E-state index >= 15 is 0 Å². The van der Waals surface area contributed by atoms with Crippen molar-refractivity contribution >= 4 is 21.6 Å². The van der Waals surface area contributed by atoms with Crippen LogP contribution in [-0.4, -0.2) is 21.4 Å². The van der Waals surface area contributed by atoms with Gasteiger partial charge in [-0.1, -0.05) is 24.3 Å². The van der Waals surface area contributed by atoms with E-state index in [-0.39, 0.29) is 10.5 Å². The normalized spacial score (nSPS) is 12.1. The summed E-state index contributed by atoms with van der Waals surface area (Å²) < 4.78 is 46.8. The maximum Gasteiger partial charge on any atom is 0.261 e. The molecule has 0 saturated heterocycles. The van der Waals surface area contributed by atoms with Crippen LogP contribution < -0.4 is 14.8 Å². The second-order valence-electron chi connectivity index (χ2n) is 6.58.